The second-order valence-electron chi connectivity index (χ2n) is 8.74. The fraction of sp³-hybridized carbons (Fsp3) is 0.207. The number of benzene rings is 2. The molecule has 7 nitrogen and oxygen atoms in total. The molecule has 0 bridgehead atoms. The Morgan fingerprint density at radius 2 is 1.84 bits per heavy atom. The van der Waals surface area contributed by atoms with Gasteiger partial charge in [0.1, 0.15) is 23.1 Å². The fourth-order valence-corrected chi connectivity index (χ4v) is 3.83. The molecule has 0 fully saturated rings. The number of rotatable bonds is 11. The number of carbonyl (C=O) groups excluding carboxylic acids is 2. The summed E-state index contributed by atoms with van der Waals surface area (Å²) < 4.78 is 19.9. The van der Waals surface area contributed by atoms with Crippen molar-refractivity contribution in [2.24, 2.45) is 0 Å². The third-order valence-corrected chi connectivity index (χ3v) is 5.72. The SMILES string of the molecule is Cc1ccc(F)c(CC(=O)Cc2ccc(Oc3ccnc(-c4cc(C(=O)NCCCO)c[nH]4)c3)cc2)c1. The Morgan fingerprint density at radius 1 is 1.03 bits per heavy atom. The molecule has 0 saturated carbocycles. The van der Waals surface area contributed by atoms with E-state index in [2.05, 4.69) is 15.3 Å². The first-order chi connectivity index (χ1) is 17.9. The number of pyridine rings is 1. The van der Waals surface area contributed by atoms with Gasteiger partial charge in [-0.15, -0.1) is 0 Å². The van der Waals surface area contributed by atoms with E-state index in [-0.39, 0.29) is 37.0 Å². The van der Waals surface area contributed by atoms with Gasteiger partial charge in [-0.25, -0.2) is 4.39 Å². The molecule has 0 spiro atoms. The van der Waals surface area contributed by atoms with Crippen LogP contribution in [-0.2, 0) is 17.6 Å². The zero-order valence-corrected chi connectivity index (χ0v) is 20.5. The Bertz CT molecular complexity index is 1380. The lowest BCUT2D eigenvalue weighted by atomic mass is 10.0. The van der Waals surface area contributed by atoms with Crippen LogP contribution in [0.15, 0.2) is 73.1 Å². The molecule has 0 aliphatic rings. The molecule has 4 rings (SSSR count). The number of aliphatic hydroxyl groups is 1. The Morgan fingerprint density at radius 3 is 2.62 bits per heavy atom. The highest BCUT2D eigenvalue weighted by molar-refractivity contribution is 5.95. The largest absolute Gasteiger partial charge is 0.457 e. The molecule has 0 aliphatic heterocycles. The van der Waals surface area contributed by atoms with Gasteiger partial charge < -0.3 is 20.1 Å². The minimum absolute atomic E-state index is 0.0193. The van der Waals surface area contributed by atoms with Crippen LogP contribution in [0, 0.1) is 12.7 Å². The highest BCUT2D eigenvalue weighted by Gasteiger charge is 2.12. The molecule has 0 saturated heterocycles. The summed E-state index contributed by atoms with van der Waals surface area (Å²) in [5, 5.41) is 11.6. The van der Waals surface area contributed by atoms with Gasteiger partial charge in [-0.1, -0.05) is 29.8 Å². The number of H-pyrrole nitrogens is 1. The van der Waals surface area contributed by atoms with Crippen LogP contribution < -0.4 is 10.1 Å². The molecule has 2 heterocycles. The summed E-state index contributed by atoms with van der Waals surface area (Å²) in [4.78, 5) is 32.1. The van der Waals surface area contributed by atoms with Gasteiger partial charge in [-0.05, 0) is 54.8 Å². The van der Waals surface area contributed by atoms with Crippen molar-refractivity contribution in [2.45, 2.75) is 26.2 Å². The Hall–Kier alpha value is -4.30. The van der Waals surface area contributed by atoms with E-state index in [9.17, 15) is 14.0 Å². The first-order valence-corrected chi connectivity index (χ1v) is 12.0. The quantitative estimate of drug-likeness (QED) is 0.257. The van der Waals surface area contributed by atoms with Crippen LogP contribution in [0.2, 0.25) is 0 Å². The maximum Gasteiger partial charge on any atom is 0.252 e. The number of carbonyl (C=O) groups is 2. The summed E-state index contributed by atoms with van der Waals surface area (Å²) >= 11 is 0. The van der Waals surface area contributed by atoms with Crippen molar-refractivity contribution in [1.29, 1.82) is 0 Å². The van der Waals surface area contributed by atoms with Crippen molar-refractivity contribution in [2.75, 3.05) is 13.2 Å². The molecule has 8 heteroatoms. The van der Waals surface area contributed by atoms with Gasteiger partial charge in [0.05, 0.1) is 17.0 Å². The van der Waals surface area contributed by atoms with Crippen LogP contribution in [0.25, 0.3) is 11.4 Å². The van der Waals surface area contributed by atoms with E-state index in [1.165, 1.54) is 6.07 Å². The summed E-state index contributed by atoms with van der Waals surface area (Å²) in [7, 11) is 0. The van der Waals surface area contributed by atoms with Crippen molar-refractivity contribution in [1.82, 2.24) is 15.3 Å². The zero-order valence-electron chi connectivity index (χ0n) is 20.5. The number of nitrogens with one attached hydrogen (secondary N) is 2. The number of aliphatic hydroxyl groups excluding tert-OH is 1. The van der Waals surface area contributed by atoms with Crippen molar-refractivity contribution in [3.8, 4) is 22.9 Å². The van der Waals surface area contributed by atoms with Crippen molar-refractivity contribution < 1.29 is 23.8 Å². The monoisotopic (exact) mass is 501 g/mol. The molecule has 0 radical (unpaired) electrons. The molecule has 0 aliphatic carbocycles. The number of aryl methyl sites for hydroxylation is 1. The molecule has 3 N–H and O–H groups in total. The minimum atomic E-state index is -0.365. The minimum Gasteiger partial charge on any atom is -0.457 e. The lowest BCUT2D eigenvalue weighted by molar-refractivity contribution is -0.117. The average molecular weight is 502 g/mol. The first kappa shape index (κ1) is 25.8. The molecule has 190 valence electrons. The summed E-state index contributed by atoms with van der Waals surface area (Å²) in [5.41, 5.74) is 3.89. The molecule has 4 aromatic rings. The number of aromatic nitrogens is 2. The highest BCUT2D eigenvalue weighted by atomic mass is 19.1. The smallest absolute Gasteiger partial charge is 0.252 e. The Balaban J connectivity index is 1.36. The molecule has 1 amide bonds. The molecule has 0 atom stereocenters. The number of hydrogen-bond acceptors (Lipinski definition) is 5. The predicted molar refractivity (Wildman–Crippen MR) is 138 cm³/mol. The van der Waals surface area contributed by atoms with E-state index in [1.807, 2.05) is 19.1 Å². The number of halogens is 1. The van der Waals surface area contributed by atoms with Crippen molar-refractivity contribution >= 4 is 11.7 Å². The zero-order chi connectivity index (χ0) is 26.2. The molecule has 37 heavy (non-hydrogen) atoms. The second-order valence-corrected chi connectivity index (χ2v) is 8.74. The number of hydrogen-bond donors (Lipinski definition) is 3. The van der Waals surface area contributed by atoms with Crippen LogP contribution >= 0.6 is 0 Å². The van der Waals surface area contributed by atoms with Crippen LogP contribution in [-0.4, -0.2) is 39.9 Å². The molecular weight excluding hydrogens is 473 g/mol. The van der Waals surface area contributed by atoms with Gasteiger partial charge in [-0.2, -0.15) is 0 Å². The van der Waals surface area contributed by atoms with E-state index < -0.39 is 0 Å². The van der Waals surface area contributed by atoms with Crippen LogP contribution in [0.5, 0.6) is 11.5 Å². The fourth-order valence-electron chi connectivity index (χ4n) is 3.83. The van der Waals surface area contributed by atoms with Crippen LogP contribution in [0.3, 0.4) is 0 Å². The third-order valence-electron chi connectivity index (χ3n) is 5.72. The number of ether oxygens (including phenoxy) is 1. The highest BCUT2D eigenvalue weighted by Crippen LogP contribution is 2.26. The van der Waals surface area contributed by atoms with Crippen molar-refractivity contribution in [3.05, 3.63) is 101 Å². The summed E-state index contributed by atoms with van der Waals surface area (Å²) in [5.74, 6) is 0.493. The van der Waals surface area contributed by atoms with Gasteiger partial charge in [0.15, 0.2) is 0 Å². The van der Waals surface area contributed by atoms with Crippen LogP contribution in [0.1, 0.15) is 33.5 Å². The molecule has 2 aromatic carbocycles. The Labute approximate surface area is 214 Å². The average Bonchev–Trinajstić information content (AvgIpc) is 3.38. The number of Topliss-reactive ketones (excluding diaryl/α,β-unsaturated/α-hetero) is 1. The van der Waals surface area contributed by atoms with E-state index in [4.69, 9.17) is 9.84 Å². The summed E-state index contributed by atoms with van der Waals surface area (Å²) in [6.07, 6.45) is 3.97. The maximum atomic E-state index is 14.0. The van der Waals surface area contributed by atoms with E-state index in [0.29, 0.717) is 47.0 Å². The van der Waals surface area contributed by atoms with Gasteiger partial charge in [-0.3, -0.25) is 14.6 Å². The van der Waals surface area contributed by atoms with Gasteiger partial charge in [0.2, 0.25) is 0 Å². The summed E-state index contributed by atoms with van der Waals surface area (Å²) in [6, 6.07) is 17.1. The molecule has 2 aromatic heterocycles. The topological polar surface area (TPSA) is 104 Å². The standard InChI is InChI=1S/C29H28FN3O4/c1-19-3-8-26(30)21(13-19)15-23(35)14-20-4-6-24(7-5-20)37-25-9-11-31-28(17-25)27-16-22(18-33-27)29(36)32-10-2-12-34/h3-9,11,13,16-18,33-34H,2,10,12,14-15H2,1H3,(H,32,36). The number of nitrogens with zero attached hydrogens (tertiary/aromatic N) is 1. The van der Waals surface area contributed by atoms with E-state index in [0.717, 1.165) is 11.1 Å². The third kappa shape index (κ3) is 7.11. The molecular formula is C29H28FN3O4. The van der Waals surface area contributed by atoms with Gasteiger partial charge in [0, 0.05) is 44.5 Å². The lowest BCUT2D eigenvalue weighted by Gasteiger charge is -2.08. The first-order valence-electron chi connectivity index (χ1n) is 12.0. The predicted octanol–water partition coefficient (Wildman–Crippen LogP) is 4.78. The van der Waals surface area contributed by atoms with E-state index in [1.54, 1.807) is 54.9 Å². The number of ketones is 1. The van der Waals surface area contributed by atoms with Gasteiger partial charge in [0.25, 0.3) is 5.91 Å². The van der Waals surface area contributed by atoms with E-state index >= 15 is 0 Å². The van der Waals surface area contributed by atoms with Gasteiger partial charge >= 0.3 is 0 Å². The lowest BCUT2D eigenvalue weighted by Crippen LogP contribution is -2.24. The normalized spacial score (nSPS) is 10.8. The van der Waals surface area contributed by atoms with Crippen LogP contribution in [0.4, 0.5) is 4.39 Å². The second kappa shape index (κ2) is 12.1. The Kier molecular flexibility index (Phi) is 8.43. The number of amides is 1. The number of aromatic amines is 1. The summed E-state index contributed by atoms with van der Waals surface area (Å²) in [6.45, 7) is 2.29. The maximum absolute atomic E-state index is 14.0. The van der Waals surface area contributed by atoms with Crippen molar-refractivity contribution in [3.63, 3.8) is 0 Å². The molecule has 0 unspecified atom stereocenters.